The number of piperidine rings is 1. The average molecular weight is 489 g/mol. The molecule has 0 saturated carbocycles. The Morgan fingerprint density at radius 1 is 1.22 bits per heavy atom. The summed E-state index contributed by atoms with van der Waals surface area (Å²) in [5, 5.41) is 14.8. The zero-order chi connectivity index (χ0) is 25.3. The van der Waals surface area contributed by atoms with Crippen LogP contribution in [0.25, 0.3) is 22.0 Å². The van der Waals surface area contributed by atoms with Crippen LogP contribution in [0.15, 0.2) is 42.5 Å². The van der Waals surface area contributed by atoms with Crippen molar-refractivity contribution in [3.8, 4) is 29.4 Å². The van der Waals surface area contributed by atoms with E-state index in [-0.39, 0.29) is 18.8 Å². The van der Waals surface area contributed by atoms with E-state index in [9.17, 15) is 4.79 Å². The van der Waals surface area contributed by atoms with Crippen LogP contribution in [0.5, 0.6) is 5.75 Å². The van der Waals surface area contributed by atoms with E-state index in [1.807, 2.05) is 49.4 Å². The van der Waals surface area contributed by atoms with Gasteiger partial charge in [0.25, 0.3) is 0 Å². The first-order valence-electron chi connectivity index (χ1n) is 12.3. The molecule has 188 valence electrons. The Kier molecular flexibility index (Phi) is 8.71. The fraction of sp³-hybridized carbons (Fsp3) is 0.393. The maximum atomic E-state index is 11.1. The number of carbonyl (C=O) groups excluding carboxylic acids is 1. The molecule has 0 amide bonds. The molecule has 0 radical (unpaired) electrons. The van der Waals surface area contributed by atoms with Crippen molar-refractivity contribution in [3.05, 3.63) is 48.0 Å². The molecular formula is C28H32N4O4. The van der Waals surface area contributed by atoms with E-state index in [1.54, 1.807) is 0 Å². The third-order valence-corrected chi connectivity index (χ3v) is 6.15. The number of hydrogen-bond acceptors (Lipinski definition) is 8. The number of ether oxygens (including phenoxy) is 3. The van der Waals surface area contributed by atoms with Gasteiger partial charge < -0.3 is 19.5 Å². The third-order valence-electron chi connectivity index (χ3n) is 6.15. The normalized spacial score (nSPS) is 15.9. The second kappa shape index (κ2) is 12.3. The molecule has 36 heavy (non-hydrogen) atoms. The number of benzene rings is 2. The lowest BCUT2D eigenvalue weighted by atomic mass is 10.0. The van der Waals surface area contributed by atoms with Gasteiger partial charge in [-0.1, -0.05) is 30.2 Å². The molecule has 2 aromatic carbocycles. The maximum absolute atomic E-state index is 11.1. The molecule has 1 aromatic heterocycles. The summed E-state index contributed by atoms with van der Waals surface area (Å²) in [5.41, 5.74) is 2.24. The number of nitrogens with zero attached hydrogens (tertiary/aromatic N) is 3. The number of anilines is 1. The summed E-state index contributed by atoms with van der Waals surface area (Å²) < 4.78 is 16.4. The Morgan fingerprint density at radius 2 is 2.06 bits per heavy atom. The Bertz CT molecular complexity index is 1240. The quantitative estimate of drug-likeness (QED) is 0.198. The van der Waals surface area contributed by atoms with Crippen molar-refractivity contribution in [2.24, 2.45) is 0 Å². The van der Waals surface area contributed by atoms with Gasteiger partial charge in [-0.3, -0.25) is 9.69 Å². The van der Waals surface area contributed by atoms with Crippen molar-refractivity contribution in [2.75, 3.05) is 45.0 Å². The van der Waals surface area contributed by atoms with E-state index in [0.717, 1.165) is 65.9 Å². The van der Waals surface area contributed by atoms with Crippen molar-refractivity contribution in [1.29, 1.82) is 0 Å². The van der Waals surface area contributed by atoms with Gasteiger partial charge in [-0.25, -0.2) is 0 Å². The van der Waals surface area contributed by atoms with Crippen LogP contribution in [0, 0.1) is 12.3 Å². The molecule has 0 unspecified atom stereocenters. The number of likely N-dealkylation sites (tertiary alicyclic amines) is 1. The largest absolute Gasteiger partial charge is 0.467 e. The van der Waals surface area contributed by atoms with Crippen molar-refractivity contribution in [2.45, 2.75) is 32.7 Å². The highest BCUT2D eigenvalue weighted by atomic mass is 16.7. The Hall–Kier alpha value is -3.67. The molecule has 1 atom stereocenters. The molecule has 1 saturated heterocycles. The van der Waals surface area contributed by atoms with Gasteiger partial charge in [-0.05, 0) is 44.5 Å². The lowest BCUT2D eigenvalue weighted by molar-refractivity contribution is -0.141. The summed E-state index contributed by atoms with van der Waals surface area (Å²) in [5.74, 6) is 3.76. The van der Waals surface area contributed by atoms with Crippen LogP contribution in [0.2, 0.25) is 0 Å². The second-order valence-electron chi connectivity index (χ2n) is 8.68. The van der Waals surface area contributed by atoms with E-state index in [1.165, 1.54) is 6.92 Å². The summed E-state index contributed by atoms with van der Waals surface area (Å²) in [6.45, 7) is 7.00. The fourth-order valence-corrected chi connectivity index (χ4v) is 4.41. The summed E-state index contributed by atoms with van der Waals surface area (Å²) in [6.07, 6.45) is 7.70. The van der Waals surface area contributed by atoms with E-state index in [4.69, 9.17) is 20.6 Å². The molecule has 4 rings (SSSR count). The summed E-state index contributed by atoms with van der Waals surface area (Å²) in [6, 6.07) is 13.9. The van der Waals surface area contributed by atoms with Crippen LogP contribution in [0.1, 0.15) is 32.3 Å². The molecule has 8 nitrogen and oxygen atoms in total. The minimum Gasteiger partial charge on any atom is -0.467 e. The van der Waals surface area contributed by atoms with Crippen LogP contribution < -0.4 is 10.1 Å². The molecule has 3 aromatic rings. The van der Waals surface area contributed by atoms with Gasteiger partial charge >= 0.3 is 5.97 Å². The number of carbonyl (C=O) groups is 1. The molecule has 0 spiro atoms. The van der Waals surface area contributed by atoms with Gasteiger partial charge in [-0.15, -0.1) is 16.6 Å². The van der Waals surface area contributed by atoms with E-state index in [2.05, 4.69) is 26.3 Å². The Labute approximate surface area is 211 Å². The topological polar surface area (TPSA) is 85.8 Å². The minimum absolute atomic E-state index is 0.123. The molecule has 1 aliphatic heterocycles. The SMILES string of the molecule is C#Cc1ccc(-c2nnc(N[C@@H]3CCCN(CCOC(C)=O)C3)c3ccccc23)c(OCOCC)c1. The molecule has 1 fully saturated rings. The summed E-state index contributed by atoms with van der Waals surface area (Å²) in [7, 11) is 0. The second-order valence-corrected chi connectivity index (χ2v) is 8.68. The Balaban J connectivity index is 1.59. The van der Waals surface area contributed by atoms with Gasteiger partial charge in [0.2, 0.25) is 0 Å². The number of rotatable bonds is 10. The number of esters is 1. The van der Waals surface area contributed by atoms with Crippen LogP contribution >= 0.6 is 0 Å². The lowest BCUT2D eigenvalue weighted by Crippen LogP contribution is -2.43. The maximum Gasteiger partial charge on any atom is 0.302 e. The molecule has 1 aliphatic rings. The zero-order valence-corrected chi connectivity index (χ0v) is 20.8. The number of terminal acetylenes is 1. The van der Waals surface area contributed by atoms with Crippen molar-refractivity contribution in [1.82, 2.24) is 15.1 Å². The van der Waals surface area contributed by atoms with Gasteiger partial charge in [0.05, 0.1) is 0 Å². The van der Waals surface area contributed by atoms with Crippen molar-refractivity contribution in [3.63, 3.8) is 0 Å². The third kappa shape index (κ3) is 6.30. The van der Waals surface area contributed by atoms with Crippen LogP contribution in [0.4, 0.5) is 5.82 Å². The van der Waals surface area contributed by atoms with Gasteiger partial charge in [0.1, 0.15) is 18.1 Å². The number of nitrogens with one attached hydrogen (secondary N) is 1. The summed E-state index contributed by atoms with van der Waals surface area (Å²) in [4.78, 5) is 13.4. The number of hydrogen-bond donors (Lipinski definition) is 1. The fourth-order valence-electron chi connectivity index (χ4n) is 4.41. The first-order chi connectivity index (χ1) is 17.6. The molecule has 0 bridgehead atoms. The smallest absolute Gasteiger partial charge is 0.302 e. The predicted octanol–water partition coefficient (Wildman–Crippen LogP) is 4.09. The molecule has 8 heteroatoms. The average Bonchev–Trinajstić information content (AvgIpc) is 2.89. The molecular weight excluding hydrogens is 456 g/mol. The van der Waals surface area contributed by atoms with Gasteiger partial charge in [0, 0.05) is 54.6 Å². The monoisotopic (exact) mass is 488 g/mol. The molecule has 2 heterocycles. The number of aromatic nitrogens is 2. The highest BCUT2D eigenvalue weighted by Gasteiger charge is 2.22. The van der Waals surface area contributed by atoms with Crippen LogP contribution in [-0.4, -0.2) is 66.7 Å². The first kappa shape index (κ1) is 25.4. The number of fused-ring (bicyclic) bond motifs is 1. The lowest BCUT2D eigenvalue weighted by Gasteiger charge is -2.33. The standard InChI is InChI=1S/C28H32N4O4/c1-4-21-12-13-25(26(17-21)36-19-34-5-2)27-23-10-6-7-11-24(23)28(31-30-27)29-22-9-8-14-32(18-22)15-16-35-20(3)33/h1,6-7,10-13,17,22H,5,8-9,14-16,18-19H2,2-3H3,(H,29,31)/t22-/m1/s1. The van der Waals surface area contributed by atoms with E-state index >= 15 is 0 Å². The molecule has 1 N–H and O–H groups in total. The Morgan fingerprint density at radius 3 is 2.83 bits per heavy atom. The zero-order valence-electron chi connectivity index (χ0n) is 20.8. The van der Waals surface area contributed by atoms with Crippen LogP contribution in [-0.2, 0) is 14.3 Å². The van der Waals surface area contributed by atoms with Gasteiger partial charge in [-0.2, -0.15) is 0 Å². The predicted molar refractivity (Wildman–Crippen MR) is 140 cm³/mol. The van der Waals surface area contributed by atoms with E-state index in [0.29, 0.717) is 19.0 Å². The van der Waals surface area contributed by atoms with Crippen LogP contribution in [0.3, 0.4) is 0 Å². The van der Waals surface area contributed by atoms with Crippen molar-refractivity contribution < 1.29 is 19.0 Å². The highest BCUT2D eigenvalue weighted by Crippen LogP contribution is 2.36. The summed E-state index contributed by atoms with van der Waals surface area (Å²) >= 11 is 0. The van der Waals surface area contributed by atoms with E-state index < -0.39 is 0 Å². The first-order valence-corrected chi connectivity index (χ1v) is 12.3. The minimum atomic E-state index is -0.246. The molecule has 0 aliphatic carbocycles. The highest BCUT2D eigenvalue weighted by molar-refractivity contribution is 6.01. The van der Waals surface area contributed by atoms with Crippen molar-refractivity contribution >= 4 is 22.6 Å². The van der Waals surface area contributed by atoms with Gasteiger partial charge in [0.15, 0.2) is 12.6 Å².